The van der Waals surface area contributed by atoms with Crippen LogP contribution in [0.5, 0.6) is 0 Å². The fourth-order valence-electron chi connectivity index (χ4n) is 4.31. The number of hydrogen-bond donors (Lipinski definition) is 1. The summed E-state index contributed by atoms with van der Waals surface area (Å²) in [5.41, 5.74) is 1.04. The molecule has 1 amide bonds. The molecule has 0 aliphatic carbocycles. The topological polar surface area (TPSA) is 59.0 Å². The third-order valence-electron chi connectivity index (χ3n) is 5.55. The summed E-state index contributed by atoms with van der Waals surface area (Å²) in [7, 11) is 0. The van der Waals surface area contributed by atoms with Crippen molar-refractivity contribution in [3.8, 4) is 0 Å². The van der Waals surface area contributed by atoms with E-state index in [4.69, 9.17) is 9.47 Å². The Hall–Kier alpha value is -2.44. The summed E-state index contributed by atoms with van der Waals surface area (Å²) < 4.78 is 25.0. The quantitative estimate of drug-likeness (QED) is 0.878. The molecule has 0 radical (unpaired) electrons. The zero-order valence-electron chi connectivity index (χ0n) is 15.8. The summed E-state index contributed by atoms with van der Waals surface area (Å²) in [5, 5.41) is 11.3. The molecule has 28 heavy (non-hydrogen) atoms. The lowest BCUT2D eigenvalue weighted by Gasteiger charge is -2.51. The number of aryl methyl sites for hydroxylation is 1. The van der Waals surface area contributed by atoms with Crippen molar-refractivity contribution in [2.45, 2.75) is 44.1 Å². The number of carbonyl (C=O) groups excluding carboxylic acids is 1. The van der Waals surface area contributed by atoms with E-state index in [1.54, 1.807) is 11.8 Å². The Morgan fingerprint density at radius 2 is 1.89 bits per heavy atom. The van der Waals surface area contributed by atoms with Gasteiger partial charge in [0.25, 0.3) is 0 Å². The number of halogens is 1. The van der Waals surface area contributed by atoms with Gasteiger partial charge in [-0.05, 0) is 35.7 Å². The van der Waals surface area contributed by atoms with Gasteiger partial charge in [0.05, 0.1) is 30.9 Å². The fraction of sp³-hybridized carbons (Fsp3) is 0.409. The highest BCUT2D eigenvalue weighted by atomic mass is 19.1. The highest BCUT2D eigenvalue weighted by Gasteiger charge is 2.49. The van der Waals surface area contributed by atoms with Crippen molar-refractivity contribution in [1.82, 2.24) is 4.90 Å². The summed E-state index contributed by atoms with van der Waals surface area (Å²) in [6, 6.07) is 13.5. The van der Waals surface area contributed by atoms with Crippen molar-refractivity contribution in [1.29, 1.82) is 0 Å². The molecule has 2 fully saturated rings. The van der Waals surface area contributed by atoms with Gasteiger partial charge in [-0.1, -0.05) is 36.4 Å². The van der Waals surface area contributed by atoms with Crippen LogP contribution in [0.1, 0.15) is 29.5 Å². The first kappa shape index (κ1) is 18.9. The summed E-state index contributed by atoms with van der Waals surface area (Å²) in [5.74, 6) is -0.366. The predicted octanol–water partition coefficient (Wildman–Crippen LogP) is 3.52. The summed E-state index contributed by atoms with van der Waals surface area (Å²) in [4.78, 5) is 14.4. The third kappa shape index (κ3) is 3.75. The van der Waals surface area contributed by atoms with Crippen LogP contribution in [-0.2, 0) is 21.7 Å². The van der Waals surface area contributed by atoms with E-state index in [0.717, 1.165) is 11.1 Å². The summed E-state index contributed by atoms with van der Waals surface area (Å²) in [6.45, 7) is 2.65. The third-order valence-corrected chi connectivity index (χ3v) is 5.55. The maximum atomic E-state index is 13.9. The molecule has 2 atom stereocenters. The molecule has 0 saturated carbocycles. The molecule has 2 aliphatic rings. The molecule has 2 aromatic rings. The molecule has 2 unspecified atom stereocenters. The predicted molar refractivity (Wildman–Crippen MR) is 101 cm³/mol. The minimum atomic E-state index is -1.19. The first-order valence-electron chi connectivity index (χ1n) is 9.51. The van der Waals surface area contributed by atoms with E-state index in [1.165, 1.54) is 12.1 Å². The van der Waals surface area contributed by atoms with Crippen LogP contribution in [0.4, 0.5) is 9.18 Å². The van der Waals surface area contributed by atoms with E-state index in [-0.39, 0.29) is 37.3 Å². The molecule has 2 heterocycles. The van der Waals surface area contributed by atoms with Crippen LogP contribution in [0.3, 0.4) is 0 Å². The van der Waals surface area contributed by atoms with Gasteiger partial charge in [-0.2, -0.15) is 0 Å². The van der Waals surface area contributed by atoms with Crippen LogP contribution in [0.25, 0.3) is 0 Å². The van der Waals surface area contributed by atoms with Crippen molar-refractivity contribution in [3.05, 3.63) is 71.0 Å². The Labute approximate surface area is 163 Å². The van der Waals surface area contributed by atoms with Crippen LogP contribution >= 0.6 is 0 Å². The minimum absolute atomic E-state index is 0.198. The van der Waals surface area contributed by atoms with Crippen LogP contribution in [0.2, 0.25) is 0 Å². The van der Waals surface area contributed by atoms with Gasteiger partial charge < -0.3 is 14.6 Å². The van der Waals surface area contributed by atoms with E-state index < -0.39 is 11.7 Å². The number of morpholine rings is 1. The van der Waals surface area contributed by atoms with Crippen molar-refractivity contribution in [3.63, 3.8) is 0 Å². The van der Waals surface area contributed by atoms with E-state index >= 15 is 0 Å². The minimum Gasteiger partial charge on any atom is -0.445 e. The van der Waals surface area contributed by atoms with Crippen molar-refractivity contribution < 1.29 is 23.8 Å². The van der Waals surface area contributed by atoms with E-state index in [0.29, 0.717) is 18.8 Å². The normalized spacial score (nSPS) is 26.8. The number of benzene rings is 2. The van der Waals surface area contributed by atoms with Crippen LogP contribution in [0, 0.1) is 12.7 Å². The number of nitrogens with zero attached hydrogens (tertiary/aromatic N) is 1. The number of piperidine rings is 1. The zero-order valence-corrected chi connectivity index (χ0v) is 15.8. The van der Waals surface area contributed by atoms with Gasteiger partial charge in [0.15, 0.2) is 0 Å². The molecule has 2 bridgehead atoms. The molecule has 1 N–H and O–H groups in total. The number of rotatable bonds is 3. The molecule has 2 aliphatic heterocycles. The second kappa shape index (κ2) is 7.53. The molecule has 148 valence electrons. The molecule has 2 saturated heterocycles. The van der Waals surface area contributed by atoms with Crippen molar-refractivity contribution in [2.75, 3.05) is 13.2 Å². The fourth-order valence-corrected chi connectivity index (χ4v) is 4.31. The molecule has 0 aromatic heterocycles. The zero-order chi connectivity index (χ0) is 19.7. The Morgan fingerprint density at radius 1 is 1.21 bits per heavy atom. The van der Waals surface area contributed by atoms with Gasteiger partial charge in [-0.3, -0.25) is 4.90 Å². The largest absolute Gasteiger partial charge is 0.445 e. The summed E-state index contributed by atoms with van der Waals surface area (Å²) >= 11 is 0. The van der Waals surface area contributed by atoms with Gasteiger partial charge >= 0.3 is 6.09 Å². The number of ether oxygens (including phenoxy) is 2. The maximum Gasteiger partial charge on any atom is 0.410 e. The second-order valence-electron chi connectivity index (χ2n) is 7.75. The lowest BCUT2D eigenvalue weighted by Crippen LogP contribution is -2.62. The monoisotopic (exact) mass is 385 g/mol. The Kier molecular flexibility index (Phi) is 5.08. The molecular formula is C22H24FNO4. The number of amides is 1. The maximum absolute atomic E-state index is 13.9. The summed E-state index contributed by atoms with van der Waals surface area (Å²) in [6.07, 6.45) is 0.166. The number of fused-ring (bicyclic) bond motifs is 2. The second-order valence-corrected chi connectivity index (χ2v) is 7.75. The Balaban J connectivity index is 1.51. The van der Waals surface area contributed by atoms with Crippen LogP contribution < -0.4 is 0 Å². The Morgan fingerprint density at radius 3 is 2.54 bits per heavy atom. The van der Waals surface area contributed by atoms with E-state index in [9.17, 15) is 14.3 Å². The number of aliphatic hydroxyl groups is 1. The van der Waals surface area contributed by atoms with Gasteiger partial charge in [0, 0.05) is 12.8 Å². The molecule has 0 spiro atoms. The van der Waals surface area contributed by atoms with E-state index in [2.05, 4.69) is 0 Å². The lowest BCUT2D eigenvalue weighted by atomic mass is 9.76. The average molecular weight is 385 g/mol. The highest BCUT2D eigenvalue weighted by Crippen LogP contribution is 2.41. The van der Waals surface area contributed by atoms with Crippen LogP contribution in [0.15, 0.2) is 48.5 Å². The van der Waals surface area contributed by atoms with Crippen molar-refractivity contribution >= 4 is 6.09 Å². The number of hydrogen-bond acceptors (Lipinski definition) is 4. The molecule has 4 rings (SSSR count). The average Bonchev–Trinajstić information content (AvgIpc) is 2.65. The first-order chi connectivity index (χ1) is 13.4. The van der Waals surface area contributed by atoms with E-state index in [1.807, 2.05) is 36.4 Å². The Bertz CT molecular complexity index is 823. The van der Waals surface area contributed by atoms with Gasteiger partial charge in [-0.25, -0.2) is 9.18 Å². The molecule has 6 heteroatoms. The van der Waals surface area contributed by atoms with Crippen LogP contribution in [-0.4, -0.2) is 41.4 Å². The first-order valence-corrected chi connectivity index (χ1v) is 9.51. The number of carbonyl (C=O) groups is 1. The standard InChI is InChI=1S/C22H24FNO4/c1-15-7-17(9-18(23)8-15)22(26)10-19-13-27-14-20(11-22)24(19)21(25)28-12-16-5-3-2-4-6-16/h2-9,19-20,26H,10-14H2,1H3. The van der Waals surface area contributed by atoms with Gasteiger partial charge in [-0.15, -0.1) is 0 Å². The van der Waals surface area contributed by atoms with Gasteiger partial charge in [0.1, 0.15) is 12.4 Å². The molecule has 5 nitrogen and oxygen atoms in total. The molecular weight excluding hydrogens is 361 g/mol. The lowest BCUT2D eigenvalue weighted by molar-refractivity contribution is -0.137. The van der Waals surface area contributed by atoms with Gasteiger partial charge in [0.2, 0.25) is 0 Å². The molecule has 2 aromatic carbocycles. The SMILES string of the molecule is Cc1cc(F)cc(C2(O)CC3COCC(C2)N3C(=O)OCc2ccccc2)c1. The smallest absolute Gasteiger partial charge is 0.410 e. The van der Waals surface area contributed by atoms with Crippen molar-refractivity contribution in [2.24, 2.45) is 0 Å². The highest BCUT2D eigenvalue weighted by molar-refractivity contribution is 5.69.